The van der Waals surface area contributed by atoms with Crippen molar-refractivity contribution in [2.24, 2.45) is 0 Å². The van der Waals surface area contributed by atoms with Gasteiger partial charge in [-0.25, -0.2) is 0 Å². The third kappa shape index (κ3) is 4.05. The fourth-order valence-electron chi connectivity index (χ4n) is 5.78. The van der Waals surface area contributed by atoms with E-state index in [4.69, 9.17) is 0 Å². The van der Waals surface area contributed by atoms with E-state index >= 15 is 0 Å². The van der Waals surface area contributed by atoms with Crippen LogP contribution in [0.1, 0.15) is 45.8 Å². The fourth-order valence-corrected chi connectivity index (χ4v) is 5.78. The molecule has 3 amide bonds. The first kappa shape index (κ1) is 24.5. The molecule has 0 spiro atoms. The summed E-state index contributed by atoms with van der Waals surface area (Å²) < 4.78 is 1.90. The van der Waals surface area contributed by atoms with Gasteiger partial charge < -0.3 is 14.5 Å². The first-order chi connectivity index (χ1) is 18.8. The Hall–Kier alpha value is -4.85. The van der Waals surface area contributed by atoms with Crippen LogP contribution in [-0.2, 0) is 16.1 Å². The zero-order valence-corrected chi connectivity index (χ0v) is 22.0. The highest BCUT2D eigenvalue weighted by Gasteiger charge is 2.43. The molecule has 39 heavy (non-hydrogen) atoms. The zero-order valence-electron chi connectivity index (χ0n) is 22.0. The lowest BCUT2D eigenvalue weighted by molar-refractivity contribution is -0.131. The van der Waals surface area contributed by atoms with Crippen LogP contribution < -0.4 is 10.9 Å². The summed E-state index contributed by atoms with van der Waals surface area (Å²) in [6.45, 7) is 5.67. The summed E-state index contributed by atoms with van der Waals surface area (Å²) in [6.07, 6.45) is 0. The normalized spacial score (nSPS) is 15.5. The van der Waals surface area contributed by atoms with E-state index in [0.29, 0.717) is 5.56 Å². The van der Waals surface area contributed by atoms with Crippen LogP contribution in [0.3, 0.4) is 0 Å². The standard InChI is InChI=1S/C31H29N5O3/c1-18-16-21-10-4-9-15-26(21)35(18)17-27(37)33-34-30(38)20(3)36-29(22-11-5-6-12-23(22)31(36)39)28-19(2)32-25-14-8-7-13-24(25)28/h4-16,20,29,32H,17H2,1-3H3,(H,33,37)(H,34,38). The first-order valence-electron chi connectivity index (χ1n) is 13.0. The highest BCUT2D eigenvalue weighted by atomic mass is 16.2. The molecule has 3 heterocycles. The molecule has 2 unspecified atom stereocenters. The number of para-hydroxylation sites is 2. The van der Waals surface area contributed by atoms with Gasteiger partial charge in [0.2, 0.25) is 0 Å². The fraction of sp³-hybridized carbons (Fsp3) is 0.194. The van der Waals surface area contributed by atoms with Gasteiger partial charge >= 0.3 is 0 Å². The molecule has 1 aliphatic rings. The predicted molar refractivity (Wildman–Crippen MR) is 150 cm³/mol. The summed E-state index contributed by atoms with van der Waals surface area (Å²) in [5.74, 6) is -1.05. The molecule has 0 fully saturated rings. The molecule has 0 radical (unpaired) electrons. The van der Waals surface area contributed by atoms with Crippen molar-refractivity contribution in [1.82, 2.24) is 25.3 Å². The van der Waals surface area contributed by atoms with E-state index in [2.05, 4.69) is 15.8 Å². The van der Waals surface area contributed by atoms with Gasteiger partial charge in [0.1, 0.15) is 12.6 Å². The van der Waals surface area contributed by atoms with E-state index in [0.717, 1.165) is 44.3 Å². The van der Waals surface area contributed by atoms with E-state index in [1.807, 2.05) is 91.2 Å². The molecule has 6 rings (SSSR count). The number of hydrogen-bond acceptors (Lipinski definition) is 3. The minimum atomic E-state index is -0.850. The summed E-state index contributed by atoms with van der Waals surface area (Å²) >= 11 is 0. The maximum absolute atomic E-state index is 13.7. The Morgan fingerprint density at radius 3 is 2.51 bits per heavy atom. The Bertz CT molecular complexity index is 1760. The first-order valence-corrected chi connectivity index (χ1v) is 13.0. The Morgan fingerprint density at radius 1 is 0.949 bits per heavy atom. The number of hydrogen-bond donors (Lipinski definition) is 3. The smallest absolute Gasteiger partial charge is 0.260 e. The average Bonchev–Trinajstić information content (AvgIpc) is 3.54. The summed E-state index contributed by atoms with van der Waals surface area (Å²) in [6, 6.07) is 24.0. The van der Waals surface area contributed by atoms with Gasteiger partial charge in [0, 0.05) is 38.9 Å². The number of benzene rings is 3. The van der Waals surface area contributed by atoms with Crippen LogP contribution in [0.25, 0.3) is 21.8 Å². The van der Waals surface area contributed by atoms with E-state index < -0.39 is 18.0 Å². The average molecular weight is 520 g/mol. The summed E-state index contributed by atoms with van der Waals surface area (Å²) in [5.41, 5.74) is 11.3. The number of aromatic nitrogens is 2. The van der Waals surface area contributed by atoms with Gasteiger partial charge in [-0.05, 0) is 56.0 Å². The maximum Gasteiger partial charge on any atom is 0.260 e. The van der Waals surface area contributed by atoms with Crippen molar-refractivity contribution < 1.29 is 14.4 Å². The van der Waals surface area contributed by atoms with Crippen molar-refractivity contribution in [3.05, 3.63) is 107 Å². The van der Waals surface area contributed by atoms with Crippen LogP contribution >= 0.6 is 0 Å². The third-order valence-corrected chi connectivity index (χ3v) is 7.66. The molecule has 0 saturated carbocycles. The summed E-state index contributed by atoms with van der Waals surface area (Å²) in [7, 11) is 0. The van der Waals surface area contributed by atoms with E-state index in [1.54, 1.807) is 17.9 Å². The van der Waals surface area contributed by atoms with Gasteiger partial charge in [-0.2, -0.15) is 0 Å². The van der Waals surface area contributed by atoms with Crippen molar-refractivity contribution in [3.63, 3.8) is 0 Å². The lowest BCUT2D eigenvalue weighted by Gasteiger charge is -2.31. The molecular weight excluding hydrogens is 490 g/mol. The van der Waals surface area contributed by atoms with Crippen molar-refractivity contribution in [1.29, 1.82) is 0 Å². The van der Waals surface area contributed by atoms with Crippen molar-refractivity contribution >= 4 is 39.5 Å². The number of rotatable bonds is 5. The molecule has 8 nitrogen and oxygen atoms in total. The Labute approximate surface area is 225 Å². The molecular formula is C31H29N5O3. The Balaban J connectivity index is 1.25. The largest absolute Gasteiger partial charge is 0.358 e. The highest BCUT2D eigenvalue weighted by Crippen LogP contribution is 2.43. The molecule has 5 aromatic rings. The Morgan fingerprint density at radius 2 is 1.67 bits per heavy atom. The topological polar surface area (TPSA) is 99.2 Å². The van der Waals surface area contributed by atoms with Crippen LogP contribution in [0, 0.1) is 13.8 Å². The molecule has 196 valence electrons. The molecule has 1 aliphatic heterocycles. The lowest BCUT2D eigenvalue weighted by Crippen LogP contribution is -2.52. The van der Waals surface area contributed by atoms with Crippen molar-refractivity contribution in [2.75, 3.05) is 0 Å². The molecule has 0 bridgehead atoms. The quantitative estimate of drug-likeness (QED) is 0.298. The molecule has 3 aromatic carbocycles. The van der Waals surface area contributed by atoms with Gasteiger partial charge in [0.25, 0.3) is 17.7 Å². The van der Waals surface area contributed by atoms with Crippen LogP contribution in [0.5, 0.6) is 0 Å². The van der Waals surface area contributed by atoms with Crippen LogP contribution in [0.2, 0.25) is 0 Å². The number of carbonyl (C=O) groups excluding carboxylic acids is 3. The van der Waals surface area contributed by atoms with Crippen LogP contribution in [0.4, 0.5) is 0 Å². The Kier molecular flexibility index (Phi) is 5.95. The maximum atomic E-state index is 13.7. The number of H-pyrrole nitrogens is 1. The lowest BCUT2D eigenvalue weighted by atomic mass is 9.95. The number of nitrogens with zero attached hydrogens (tertiary/aromatic N) is 2. The zero-order chi connectivity index (χ0) is 27.3. The van der Waals surface area contributed by atoms with E-state index in [9.17, 15) is 14.4 Å². The SMILES string of the molecule is Cc1[nH]c2ccccc2c1C1c2ccccc2C(=O)N1C(C)C(=O)NNC(=O)Cn1c(C)cc2ccccc21. The second kappa shape index (κ2) is 9.47. The third-order valence-electron chi connectivity index (χ3n) is 7.66. The number of aryl methyl sites for hydroxylation is 2. The van der Waals surface area contributed by atoms with Gasteiger partial charge in [0.15, 0.2) is 0 Å². The number of hydrazine groups is 1. The van der Waals surface area contributed by atoms with Crippen molar-refractivity contribution in [2.45, 2.75) is 39.4 Å². The number of carbonyl (C=O) groups is 3. The minimum Gasteiger partial charge on any atom is -0.358 e. The molecule has 8 heteroatoms. The molecule has 2 aromatic heterocycles. The molecule has 0 aliphatic carbocycles. The second-order valence-electron chi connectivity index (χ2n) is 10.1. The van der Waals surface area contributed by atoms with E-state index in [1.165, 1.54) is 0 Å². The molecule has 2 atom stereocenters. The number of nitrogens with one attached hydrogen (secondary N) is 3. The summed E-state index contributed by atoms with van der Waals surface area (Å²) in [4.78, 5) is 44.8. The highest BCUT2D eigenvalue weighted by molar-refractivity contribution is 6.03. The van der Waals surface area contributed by atoms with E-state index in [-0.39, 0.29) is 18.4 Å². The van der Waals surface area contributed by atoms with Gasteiger partial charge in [-0.15, -0.1) is 0 Å². The van der Waals surface area contributed by atoms with Crippen LogP contribution in [0.15, 0.2) is 78.9 Å². The summed E-state index contributed by atoms with van der Waals surface area (Å²) in [5, 5.41) is 2.05. The number of aromatic amines is 1. The van der Waals surface area contributed by atoms with Gasteiger partial charge in [-0.3, -0.25) is 25.2 Å². The molecule has 0 saturated heterocycles. The van der Waals surface area contributed by atoms with Gasteiger partial charge in [0.05, 0.1) is 6.04 Å². The number of amides is 3. The van der Waals surface area contributed by atoms with Crippen molar-refractivity contribution in [3.8, 4) is 0 Å². The number of fused-ring (bicyclic) bond motifs is 3. The molecule has 3 N–H and O–H groups in total. The predicted octanol–water partition coefficient (Wildman–Crippen LogP) is 4.52. The minimum absolute atomic E-state index is 0.0548. The van der Waals surface area contributed by atoms with Gasteiger partial charge in [-0.1, -0.05) is 54.6 Å². The van der Waals surface area contributed by atoms with Crippen LogP contribution in [-0.4, -0.2) is 38.2 Å². The monoisotopic (exact) mass is 519 g/mol. The second-order valence-corrected chi connectivity index (χ2v) is 10.1.